The first-order chi connectivity index (χ1) is 13.0. The molecule has 0 bridgehead atoms. The van der Waals surface area contributed by atoms with Crippen LogP contribution in [0.2, 0.25) is 0 Å². The van der Waals surface area contributed by atoms with E-state index in [1.165, 1.54) is 4.68 Å². The molecule has 3 rings (SSSR count). The summed E-state index contributed by atoms with van der Waals surface area (Å²) in [6, 6.07) is 1.57. The fraction of sp³-hybridized carbons (Fsp3) is 0.684. The Hall–Kier alpha value is -2.38. The summed E-state index contributed by atoms with van der Waals surface area (Å²) in [5.41, 5.74) is 0.624. The zero-order valence-corrected chi connectivity index (χ0v) is 16.1. The van der Waals surface area contributed by atoms with Gasteiger partial charge in [0, 0.05) is 39.3 Å². The highest BCUT2D eigenvalue weighted by molar-refractivity contribution is 5.80. The zero-order chi connectivity index (χ0) is 19.4. The molecule has 0 spiro atoms. The van der Waals surface area contributed by atoms with E-state index in [-0.39, 0.29) is 29.3 Å². The number of aromatic nitrogens is 2. The van der Waals surface area contributed by atoms with Crippen LogP contribution in [0.5, 0.6) is 0 Å². The van der Waals surface area contributed by atoms with E-state index in [2.05, 4.69) is 10.00 Å². The zero-order valence-electron chi connectivity index (χ0n) is 16.1. The van der Waals surface area contributed by atoms with Gasteiger partial charge in [-0.2, -0.15) is 5.10 Å². The van der Waals surface area contributed by atoms with Gasteiger partial charge in [0.15, 0.2) is 0 Å². The van der Waals surface area contributed by atoms with Gasteiger partial charge in [-0.15, -0.1) is 0 Å². The van der Waals surface area contributed by atoms with Crippen molar-refractivity contribution >= 4 is 17.6 Å². The normalized spacial score (nSPS) is 21.2. The molecule has 2 aliphatic heterocycles. The minimum Gasteiger partial charge on any atom is -0.466 e. The average molecular weight is 376 g/mol. The second-order valence-corrected chi connectivity index (χ2v) is 7.31. The van der Waals surface area contributed by atoms with E-state index < -0.39 is 0 Å². The molecule has 27 heavy (non-hydrogen) atoms. The number of likely N-dealkylation sites (tertiary alicyclic amines) is 1. The quantitative estimate of drug-likeness (QED) is 0.723. The molecule has 1 aromatic rings. The predicted octanol–water partition coefficient (Wildman–Crippen LogP) is 0.798. The molecule has 2 aliphatic rings. The van der Waals surface area contributed by atoms with Gasteiger partial charge < -0.3 is 14.5 Å². The van der Waals surface area contributed by atoms with Gasteiger partial charge in [-0.3, -0.25) is 14.4 Å². The van der Waals surface area contributed by atoms with Crippen molar-refractivity contribution in [3.63, 3.8) is 0 Å². The number of amides is 1. The number of anilines is 1. The van der Waals surface area contributed by atoms with Crippen molar-refractivity contribution in [3.05, 3.63) is 22.6 Å². The van der Waals surface area contributed by atoms with Crippen LogP contribution in [0, 0.1) is 11.8 Å². The fourth-order valence-corrected chi connectivity index (χ4v) is 3.90. The van der Waals surface area contributed by atoms with E-state index in [1.54, 1.807) is 19.3 Å². The lowest BCUT2D eigenvalue weighted by atomic mass is 9.92. The molecule has 0 N–H and O–H groups in total. The molecule has 1 atom stereocenters. The molecule has 0 aromatic carbocycles. The Balaban J connectivity index is 1.58. The van der Waals surface area contributed by atoms with Crippen LogP contribution < -0.4 is 10.5 Å². The van der Waals surface area contributed by atoms with Gasteiger partial charge in [0.1, 0.15) is 0 Å². The van der Waals surface area contributed by atoms with Gasteiger partial charge >= 0.3 is 5.97 Å². The summed E-state index contributed by atoms with van der Waals surface area (Å²) in [5, 5.41) is 4.08. The summed E-state index contributed by atoms with van der Waals surface area (Å²) in [5.74, 6) is -0.171. The molecular weight excluding hydrogens is 348 g/mol. The van der Waals surface area contributed by atoms with E-state index in [0.717, 1.165) is 25.1 Å². The van der Waals surface area contributed by atoms with Crippen LogP contribution in [-0.4, -0.2) is 59.3 Å². The van der Waals surface area contributed by atoms with Crippen molar-refractivity contribution in [3.8, 4) is 0 Å². The SMILES string of the molecule is CCOC(=O)C1CCN(C(=O)C2CCCN(c3cnn(C)c(=O)c3)C2)CC1. The molecule has 8 nitrogen and oxygen atoms in total. The monoisotopic (exact) mass is 376 g/mol. The highest BCUT2D eigenvalue weighted by Crippen LogP contribution is 2.26. The van der Waals surface area contributed by atoms with E-state index in [9.17, 15) is 14.4 Å². The van der Waals surface area contributed by atoms with Crippen molar-refractivity contribution in [2.75, 3.05) is 37.7 Å². The second-order valence-electron chi connectivity index (χ2n) is 7.31. The molecule has 0 aliphatic carbocycles. The Morgan fingerprint density at radius 1 is 1.19 bits per heavy atom. The predicted molar refractivity (Wildman–Crippen MR) is 100 cm³/mol. The highest BCUT2D eigenvalue weighted by Gasteiger charge is 2.33. The lowest BCUT2D eigenvalue weighted by Crippen LogP contribution is -2.48. The first-order valence-electron chi connectivity index (χ1n) is 9.73. The molecule has 2 fully saturated rings. The summed E-state index contributed by atoms with van der Waals surface area (Å²) in [7, 11) is 1.62. The van der Waals surface area contributed by atoms with Crippen molar-refractivity contribution in [1.29, 1.82) is 0 Å². The second kappa shape index (κ2) is 8.54. The third kappa shape index (κ3) is 4.48. The highest BCUT2D eigenvalue weighted by atomic mass is 16.5. The average Bonchev–Trinajstić information content (AvgIpc) is 2.70. The number of hydrogen-bond acceptors (Lipinski definition) is 6. The van der Waals surface area contributed by atoms with Crippen LogP contribution in [0.25, 0.3) is 0 Å². The Labute approximate surface area is 159 Å². The molecular formula is C19H28N4O4. The number of nitrogens with zero attached hydrogens (tertiary/aromatic N) is 4. The summed E-state index contributed by atoms with van der Waals surface area (Å²) in [4.78, 5) is 40.6. The van der Waals surface area contributed by atoms with E-state index >= 15 is 0 Å². The molecule has 3 heterocycles. The van der Waals surface area contributed by atoms with Crippen molar-refractivity contribution in [2.24, 2.45) is 18.9 Å². The molecule has 1 aromatic heterocycles. The van der Waals surface area contributed by atoms with Gasteiger partial charge in [-0.1, -0.05) is 0 Å². The van der Waals surface area contributed by atoms with Crippen molar-refractivity contribution in [1.82, 2.24) is 14.7 Å². The topological polar surface area (TPSA) is 84.7 Å². The Bertz CT molecular complexity index is 739. The first-order valence-corrected chi connectivity index (χ1v) is 9.73. The number of hydrogen-bond donors (Lipinski definition) is 0. The van der Waals surface area contributed by atoms with E-state index in [4.69, 9.17) is 4.74 Å². The van der Waals surface area contributed by atoms with Crippen LogP contribution in [0.1, 0.15) is 32.6 Å². The molecule has 148 valence electrons. The fourth-order valence-electron chi connectivity index (χ4n) is 3.90. The number of carbonyl (C=O) groups is 2. The minimum atomic E-state index is -0.151. The Morgan fingerprint density at radius 3 is 2.59 bits per heavy atom. The van der Waals surface area contributed by atoms with E-state index in [1.807, 2.05) is 11.8 Å². The first kappa shape index (κ1) is 19.4. The number of esters is 1. The van der Waals surface area contributed by atoms with Crippen LogP contribution >= 0.6 is 0 Å². The van der Waals surface area contributed by atoms with Gasteiger partial charge in [-0.25, -0.2) is 4.68 Å². The number of piperidine rings is 2. The lowest BCUT2D eigenvalue weighted by molar-refractivity contribution is -0.151. The lowest BCUT2D eigenvalue weighted by Gasteiger charge is -2.38. The number of rotatable bonds is 4. The third-order valence-corrected chi connectivity index (χ3v) is 5.52. The number of ether oxygens (including phenoxy) is 1. The molecule has 8 heteroatoms. The van der Waals surface area contributed by atoms with Gasteiger partial charge in [0.25, 0.3) is 5.56 Å². The summed E-state index contributed by atoms with van der Waals surface area (Å²) < 4.78 is 6.39. The van der Waals surface area contributed by atoms with Gasteiger partial charge in [0.05, 0.1) is 30.3 Å². The Morgan fingerprint density at radius 2 is 1.93 bits per heavy atom. The summed E-state index contributed by atoms with van der Waals surface area (Å²) >= 11 is 0. The standard InChI is InChI=1S/C19H28N4O4/c1-3-27-19(26)14-6-9-22(10-7-14)18(25)15-5-4-8-23(13-15)16-11-17(24)21(2)20-12-16/h11-12,14-15H,3-10,13H2,1-2H3. The molecule has 1 amide bonds. The summed E-state index contributed by atoms with van der Waals surface area (Å²) in [6.45, 7) is 4.84. The number of aryl methyl sites for hydroxylation is 1. The van der Waals surface area contributed by atoms with Crippen molar-refractivity contribution < 1.29 is 14.3 Å². The maximum Gasteiger partial charge on any atom is 0.309 e. The minimum absolute atomic E-state index is 0.0815. The summed E-state index contributed by atoms with van der Waals surface area (Å²) in [6.07, 6.45) is 4.77. The van der Waals surface area contributed by atoms with Crippen molar-refractivity contribution in [2.45, 2.75) is 32.6 Å². The van der Waals surface area contributed by atoms with Crippen LogP contribution in [-0.2, 0) is 21.4 Å². The van der Waals surface area contributed by atoms with Crippen LogP contribution in [0.15, 0.2) is 17.1 Å². The largest absolute Gasteiger partial charge is 0.466 e. The molecule has 0 saturated carbocycles. The number of carbonyl (C=O) groups excluding carboxylic acids is 2. The van der Waals surface area contributed by atoms with E-state index in [0.29, 0.717) is 39.1 Å². The molecule has 0 radical (unpaired) electrons. The van der Waals surface area contributed by atoms with Crippen LogP contribution in [0.4, 0.5) is 5.69 Å². The Kier molecular flexibility index (Phi) is 6.13. The van der Waals surface area contributed by atoms with Gasteiger partial charge in [0.2, 0.25) is 5.91 Å². The maximum atomic E-state index is 13.0. The maximum absolute atomic E-state index is 13.0. The molecule has 1 unspecified atom stereocenters. The van der Waals surface area contributed by atoms with Crippen LogP contribution in [0.3, 0.4) is 0 Å². The smallest absolute Gasteiger partial charge is 0.309 e. The van der Waals surface area contributed by atoms with Gasteiger partial charge in [-0.05, 0) is 32.6 Å². The molecule has 2 saturated heterocycles. The third-order valence-electron chi connectivity index (χ3n) is 5.52.